The van der Waals surface area contributed by atoms with Crippen molar-refractivity contribution in [3.63, 3.8) is 0 Å². The number of hydrogen-bond donors (Lipinski definition) is 0. The van der Waals surface area contributed by atoms with E-state index in [0.717, 1.165) is 6.42 Å². The fraction of sp³-hybridized carbons (Fsp3) is 0.885. The van der Waals surface area contributed by atoms with Crippen LogP contribution in [0.15, 0.2) is 12.2 Å². The van der Waals surface area contributed by atoms with Gasteiger partial charge in [-0.15, -0.1) is 0 Å². The minimum absolute atomic E-state index is 0.0317. The first-order chi connectivity index (χ1) is 13.8. The van der Waals surface area contributed by atoms with Crippen molar-refractivity contribution in [2.24, 2.45) is 0 Å². The molecule has 0 amide bonds. The highest BCUT2D eigenvalue weighted by atomic mass is 16.5. The number of allylic oxidation sites excluding steroid dienone is 2. The second kappa shape index (κ2) is 24.2. The van der Waals surface area contributed by atoms with E-state index in [1.807, 2.05) is 6.92 Å². The summed E-state index contributed by atoms with van der Waals surface area (Å²) < 4.78 is 4.94. The maximum absolute atomic E-state index is 11.2. The molecule has 2 heteroatoms. The van der Waals surface area contributed by atoms with E-state index in [2.05, 4.69) is 19.1 Å². The number of hydrogen-bond acceptors (Lipinski definition) is 2. The van der Waals surface area contributed by atoms with Crippen LogP contribution in [-0.2, 0) is 9.53 Å². The van der Waals surface area contributed by atoms with Gasteiger partial charge in [-0.1, -0.05) is 109 Å². The van der Waals surface area contributed by atoms with Crippen LogP contribution in [0.1, 0.15) is 142 Å². The largest absolute Gasteiger partial charge is 0.466 e. The van der Waals surface area contributed by atoms with Crippen molar-refractivity contribution >= 4 is 5.97 Å². The molecule has 0 spiro atoms. The van der Waals surface area contributed by atoms with E-state index in [0.29, 0.717) is 13.0 Å². The molecule has 0 heterocycles. The summed E-state index contributed by atoms with van der Waals surface area (Å²) in [6.07, 6.45) is 30.9. The highest BCUT2D eigenvalue weighted by Crippen LogP contribution is 2.13. The van der Waals surface area contributed by atoms with E-state index in [-0.39, 0.29) is 5.97 Å². The van der Waals surface area contributed by atoms with Gasteiger partial charge in [-0.25, -0.2) is 0 Å². The van der Waals surface area contributed by atoms with Gasteiger partial charge in [-0.2, -0.15) is 0 Å². The molecule has 0 aliphatic rings. The number of esters is 1. The number of rotatable bonds is 22. The third-order valence-electron chi connectivity index (χ3n) is 5.45. The molecule has 0 saturated heterocycles. The van der Waals surface area contributed by atoms with Gasteiger partial charge in [0, 0.05) is 6.42 Å². The molecule has 0 saturated carbocycles. The zero-order chi connectivity index (χ0) is 20.5. The van der Waals surface area contributed by atoms with E-state index in [9.17, 15) is 4.79 Å². The summed E-state index contributed by atoms with van der Waals surface area (Å²) in [4.78, 5) is 11.2. The summed E-state index contributed by atoms with van der Waals surface area (Å²) >= 11 is 0. The lowest BCUT2D eigenvalue weighted by Gasteiger charge is -2.03. The second-order valence-electron chi connectivity index (χ2n) is 8.26. The van der Waals surface area contributed by atoms with E-state index in [1.54, 1.807) is 0 Å². The van der Waals surface area contributed by atoms with Crippen LogP contribution in [0.5, 0.6) is 0 Å². The molecule has 0 aromatic carbocycles. The van der Waals surface area contributed by atoms with Gasteiger partial charge < -0.3 is 4.74 Å². The lowest BCUT2D eigenvalue weighted by atomic mass is 10.0. The zero-order valence-corrected chi connectivity index (χ0v) is 19.3. The molecule has 28 heavy (non-hydrogen) atoms. The first-order valence-corrected chi connectivity index (χ1v) is 12.6. The average molecular weight is 395 g/mol. The lowest BCUT2D eigenvalue weighted by molar-refractivity contribution is -0.143. The predicted octanol–water partition coefficient (Wildman–Crippen LogP) is 8.93. The van der Waals surface area contributed by atoms with Crippen LogP contribution in [-0.4, -0.2) is 12.6 Å². The third kappa shape index (κ3) is 23.2. The third-order valence-corrected chi connectivity index (χ3v) is 5.45. The van der Waals surface area contributed by atoms with Crippen molar-refractivity contribution in [2.45, 2.75) is 142 Å². The summed E-state index contributed by atoms with van der Waals surface area (Å²) in [5.74, 6) is -0.0317. The van der Waals surface area contributed by atoms with E-state index in [4.69, 9.17) is 4.74 Å². The molecule has 0 unspecified atom stereocenters. The summed E-state index contributed by atoms with van der Waals surface area (Å²) in [5.41, 5.74) is 0. The molecular weight excluding hydrogens is 344 g/mol. The smallest absolute Gasteiger partial charge is 0.305 e. The number of carbonyl (C=O) groups is 1. The monoisotopic (exact) mass is 394 g/mol. The SMILES string of the molecule is CCCCCCCC/C=C\CCCCCCCCCCCCCC(=O)OCC. The van der Waals surface area contributed by atoms with Gasteiger partial charge in [0.05, 0.1) is 6.61 Å². The molecule has 0 fully saturated rings. The maximum Gasteiger partial charge on any atom is 0.305 e. The summed E-state index contributed by atoms with van der Waals surface area (Å²) in [6, 6.07) is 0. The van der Waals surface area contributed by atoms with Gasteiger partial charge in [0.25, 0.3) is 0 Å². The van der Waals surface area contributed by atoms with Crippen molar-refractivity contribution in [2.75, 3.05) is 6.61 Å². The molecule has 0 aliphatic carbocycles. The minimum atomic E-state index is -0.0317. The van der Waals surface area contributed by atoms with E-state index in [1.165, 1.54) is 116 Å². The van der Waals surface area contributed by atoms with Gasteiger partial charge in [-0.05, 0) is 39.0 Å². The van der Waals surface area contributed by atoms with Crippen molar-refractivity contribution in [1.82, 2.24) is 0 Å². The number of carbonyl (C=O) groups excluding carboxylic acids is 1. The van der Waals surface area contributed by atoms with Crippen molar-refractivity contribution in [3.05, 3.63) is 12.2 Å². The van der Waals surface area contributed by atoms with Crippen molar-refractivity contribution in [1.29, 1.82) is 0 Å². The Hall–Kier alpha value is -0.790. The molecule has 0 aliphatic heterocycles. The maximum atomic E-state index is 11.2. The Morgan fingerprint density at radius 3 is 1.39 bits per heavy atom. The first kappa shape index (κ1) is 27.2. The fourth-order valence-corrected chi connectivity index (χ4v) is 3.63. The van der Waals surface area contributed by atoms with E-state index < -0.39 is 0 Å². The molecule has 2 nitrogen and oxygen atoms in total. The highest BCUT2D eigenvalue weighted by molar-refractivity contribution is 5.69. The Labute approximate surface area is 176 Å². The number of unbranched alkanes of at least 4 members (excludes halogenated alkanes) is 17. The predicted molar refractivity (Wildman–Crippen MR) is 124 cm³/mol. The van der Waals surface area contributed by atoms with Crippen LogP contribution >= 0.6 is 0 Å². The van der Waals surface area contributed by atoms with Crippen LogP contribution in [0, 0.1) is 0 Å². The Kier molecular flexibility index (Phi) is 23.6. The van der Waals surface area contributed by atoms with Crippen LogP contribution in [0.2, 0.25) is 0 Å². The molecule has 0 aromatic heterocycles. The Balaban J connectivity index is 3.10. The number of ether oxygens (including phenoxy) is 1. The normalized spacial score (nSPS) is 11.4. The van der Waals surface area contributed by atoms with Gasteiger partial charge in [0.2, 0.25) is 0 Å². The molecule has 0 N–H and O–H groups in total. The van der Waals surface area contributed by atoms with E-state index >= 15 is 0 Å². The van der Waals surface area contributed by atoms with Crippen molar-refractivity contribution < 1.29 is 9.53 Å². The Morgan fingerprint density at radius 2 is 0.964 bits per heavy atom. The molecule has 0 aromatic rings. The Morgan fingerprint density at radius 1 is 0.571 bits per heavy atom. The zero-order valence-electron chi connectivity index (χ0n) is 19.3. The molecular formula is C26H50O2. The van der Waals surface area contributed by atoms with Crippen molar-refractivity contribution in [3.8, 4) is 0 Å². The molecule has 0 radical (unpaired) electrons. The van der Waals surface area contributed by atoms with Crippen LogP contribution < -0.4 is 0 Å². The molecule has 0 bridgehead atoms. The summed E-state index contributed by atoms with van der Waals surface area (Å²) in [5, 5.41) is 0. The second-order valence-corrected chi connectivity index (χ2v) is 8.26. The fourth-order valence-electron chi connectivity index (χ4n) is 3.63. The van der Waals surface area contributed by atoms with Gasteiger partial charge >= 0.3 is 5.97 Å². The summed E-state index contributed by atoms with van der Waals surface area (Å²) in [6.45, 7) is 4.66. The first-order valence-electron chi connectivity index (χ1n) is 12.6. The van der Waals surface area contributed by atoms with Crippen LogP contribution in [0.3, 0.4) is 0 Å². The lowest BCUT2D eigenvalue weighted by Crippen LogP contribution is -2.03. The van der Waals surface area contributed by atoms with Crippen LogP contribution in [0.4, 0.5) is 0 Å². The minimum Gasteiger partial charge on any atom is -0.466 e. The van der Waals surface area contributed by atoms with Crippen LogP contribution in [0.25, 0.3) is 0 Å². The Bertz CT molecular complexity index is 335. The molecule has 166 valence electrons. The van der Waals surface area contributed by atoms with Gasteiger partial charge in [0.15, 0.2) is 0 Å². The topological polar surface area (TPSA) is 26.3 Å². The van der Waals surface area contributed by atoms with Gasteiger partial charge in [0.1, 0.15) is 0 Å². The standard InChI is InChI=1S/C26H50O2/c1-3-5-6-7-8-9-10-11-12-13-14-15-16-17-18-19-20-21-22-23-24-25-26(27)28-4-2/h11-12H,3-10,13-25H2,1-2H3/b12-11-. The quantitative estimate of drug-likeness (QED) is 0.104. The highest BCUT2D eigenvalue weighted by Gasteiger charge is 2.00. The summed E-state index contributed by atoms with van der Waals surface area (Å²) in [7, 11) is 0. The molecule has 0 rings (SSSR count). The van der Waals surface area contributed by atoms with Gasteiger partial charge in [-0.3, -0.25) is 4.79 Å². The average Bonchev–Trinajstić information content (AvgIpc) is 2.69. The molecule has 0 atom stereocenters.